The Morgan fingerprint density at radius 3 is 1.36 bits per heavy atom. The lowest BCUT2D eigenvalue weighted by molar-refractivity contribution is 0.0780. The third kappa shape index (κ3) is 6.32. The lowest BCUT2D eigenvalue weighted by Gasteiger charge is -2.19. The second kappa shape index (κ2) is 13.3. The van der Waals surface area contributed by atoms with Crippen molar-refractivity contribution in [3.05, 3.63) is 144 Å². The molecule has 2 aromatic heterocycles. The van der Waals surface area contributed by atoms with Gasteiger partial charge < -0.3 is 9.80 Å². The summed E-state index contributed by atoms with van der Waals surface area (Å²) in [6.07, 6.45) is 3.40. The molecular weight excluding hydrogens is 585 g/mol. The average Bonchev–Trinajstić information content (AvgIpc) is 3.07. The normalized spacial score (nSPS) is 11.0. The maximum Gasteiger partial charge on any atom is 0.254 e. The summed E-state index contributed by atoms with van der Waals surface area (Å²) in [5.41, 5.74) is 4.94. The van der Waals surface area contributed by atoms with E-state index in [1.54, 1.807) is 55.9 Å². The molecule has 2 amide bonds. The van der Waals surface area contributed by atoms with Crippen LogP contribution in [0.3, 0.4) is 0 Å². The fourth-order valence-corrected chi connectivity index (χ4v) is 7.44. The molecule has 0 aliphatic rings. The quantitative estimate of drug-likeness (QED) is 0.153. The number of aromatic nitrogens is 2. The zero-order valence-electron chi connectivity index (χ0n) is 24.4. The lowest BCUT2D eigenvalue weighted by Crippen LogP contribution is -2.26. The summed E-state index contributed by atoms with van der Waals surface area (Å²) >= 11 is 0. The number of benzene rings is 4. The molecule has 0 fully saturated rings. The second-order valence-corrected chi connectivity index (χ2v) is 12.7. The molecule has 6 aromatic rings. The molecule has 6 rings (SSSR count). The van der Waals surface area contributed by atoms with Gasteiger partial charge >= 0.3 is 0 Å². The Balaban J connectivity index is 1.24. The van der Waals surface area contributed by atoms with Crippen LogP contribution >= 0.6 is 21.6 Å². The van der Waals surface area contributed by atoms with Gasteiger partial charge in [0.25, 0.3) is 11.8 Å². The Kier molecular flexibility index (Phi) is 8.91. The van der Waals surface area contributed by atoms with Crippen molar-refractivity contribution >= 4 is 55.2 Å². The number of hydrogen-bond acceptors (Lipinski definition) is 6. The first-order chi connectivity index (χ1) is 21.5. The van der Waals surface area contributed by atoms with Gasteiger partial charge in [-0.3, -0.25) is 19.6 Å². The monoisotopic (exact) mass is 614 g/mol. The molecule has 0 saturated heterocycles. The first kappa shape index (κ1) is 29.4. The summed E-state index contributed by atoms with van der Waals surface area (Å²) in [7, 11) is 6.77. The number of pyridine rings is 2. The molecule has 0 atom stereocenters. The minimum atomic E-state index is -0.0521. The highest BCUT2D eigenvalue weighted by Gasteiger charge is 2.19. The molecule has 218 valence electrons. The van der Waals surface area contributed by atoms with E-state index in [2.05, 4.69) is 9.97 Å². The number of nitrogens with zero attached hydrogens (tertiary/aromatic N) is 4. The zero-order chi connectivity index (χ0) is 30.5. The van der Waals surface area contributed by atoms with E-state index in [4.69, 9.17) is 0 Å². The molecule has 0 radical (unpaired) electrons. The molecular formula is C36H30N4O2S2. The Morgan fingerprint density at radius 1 is 0.545 bits per heavy atom. The Morgan fingerprint density at radius 2 is 0.955 bits per heavy atom. The minimum Gasteiger partial charge on any atom is -0.337 e. The smallest absolute Gasteiger partial charge is 0.254 e. The van der Waals surface area contributed by atoms with Crippen LogP contribution in [0.5, 0.6) is 0 Å². The molecule has 0 aliphatic heterocycles. The van der Waals surface area contributed by atoms with Crippen molar-refractivity contribution in [3.8, 4) is 0 Å². The molecule has 0 bridgehead atoms. The van der Waals surface area contributed by atoms with Crippen LogP contribution in [0.1, 0.15) is 31.8 Å². The van der Waals surface area contributed by atoms with Crippen LogP contribution in [-0.2, 0) is 13.1 Å². The Hall–Kier alpha value is -4.66. The van der Waals surface area contributed by atoms with Crippen molar-refractivity contribution in [2.75, 3.05) is 14.1 Å². The summed E-state index contributed by atoms with van der Waals surface area (Å²) in [4.78, 5) is 41.6. The van der Waals surface area contributed by atoms with E-state index < -0.39 is 0 Å². The summed E-state index contributed by atoms with van der Waals surface area (Å²) < 4.78 is 0. The number of fused-ring (bicyclic) bond motifs is 2. The van der Waals surface area contributed by atoms with E-state index in [1.165, 1.54) is 0 Å². The van der Waals surface area contributed by atoms with Crippen molar-refractivity contribution in [2.24, 2.45) is 0 Å². The van der Waals surface area contributed by atoms with Gasteiger partial charge in [0.15, 0.2) is 0 Å². The summed E-state index contributed by atoms with van der Waals surface area (Å²) in [6.45, 7) is 1.04. The SMILES string of the molecule is CN(Cc1ccccc1)C(=O)c1ccnc2c(SSc3cccc4c(C(=O)N(C)Cc5ccccc5)ccnc34)cccc12. The minimum absolute atomic E-state index is 0.0521. The third-order valence-corrected chi connectivity index (χ3v) is 9.80. The standard InChI is InChI=1S/C36H30N4O2S2/c1-39(23-25-11-5-3-6-12-25)35(41)29-19-21-37-33-27(29)15-9-17-31(33)43-44-32-18-10-16-28-30(20-22-38-34(28)32)36(42)40(2)24-26-13-7-4-8-14-26/h3-22H,23-24H2,1-2H3. The maximum atomic E-state index is 13.5. The Bertz CT molecular complexity index is 1810. The molecule has 0 aliphatic carbocycles. The fourth-order valence-electron chi connectivity index (χ4n) is 5.16. The molecule has 8 heteroatoms. The summed E-state index contributed by atoms with van der Waals surface area (Å²) in [5, 5.41) is 1.63. The van der Waals surface area contributed by atoms with Crippen LogP contribution in [-0.4, -0.2) is 45.7 Å². The van der Waals surface area contributed by atoms with Crippen LogP contribution in [0.4, 0.5) is 0 Å². The molecule has 0 N–H and O–H groups in total. The number of rotatable bonds is 9. The lowest BCUT2D eigenvalue weighted by atomic mass is 10.1. The van der Waals surface area contributed by atoms with Gasteiger partial charge in [-0.25, -0.2) is 0 Å². The van der Waals surface area contributed by atoms with E-state index in [1.807, 2.05) is 111 Å². The number of hydrogen-bond donors (Lipinski definition) is 0. The van der Waals surface area contributed by atoms with E-state index in [0.717, 1.165) is 42.7 Å². The van der Waals surface area contributed by atoms with Crippen molar-refractivity contribution < 1.29 is 9.59 Å². The first-order valence-corrected chi connectivity index (χ1v) is 16.3. The molecule has 0 unspecified atom stereocenters. The van der Waals surface area contributed by atoms with Crippen molar-refractivity contribution in [3.63, 3.8) is 0 Å². The first-order valence-electron chi connectivity index (χ1n) is 14.2. The van der Waals surface area contributed by atoms with Crippen LogP contribution in [0, 0.1) is 0 Å². The number of carbonyl (C=O) groups is 2. The molecule has 0 saturated carbocycles. The average molecular weight is 615 g/mol. The second-order valence-electron chi connectivity index (χ2n) is 10.5. The van der Waals surface area contributed by atoms with Crippen molar-refractivity contribution in [1.82, 2.24) is 19.8 Å². The molecule has 44 heavy (non-hydrogen) atoms. The zero-order valence-corrected chi connectivity index (χ0v) is 26.0. The van der Waals surface area contributed by atoms with Gasteiger partial charge in [-0.15, -0.1) is 0 Å². The van der Waals surface area contributed by atoms with Crippen LogP contribution in [0.15, 0.2) is 131 Å². The van der Waals surface area contributed by atoms with Crippen molar-refractivity contribution in [2.45, 2.75) is 22.9 Å². The van der Waals surface area contributed by atoms with E-state index in [-0.39, 0.29) is 11.8 Å². The highest BCUT2D eigenvalue weighted by atomic mass is 33.1. The van der Waals surface area contributed by atoms with Crippen LogP contribution in [0.2, 0.25) is 0 Å². The van der Waals surface area contributed by atoms with Gasteiger partial charge in [0, 0.05) is 60.1 Å². The van der Waals surface area contributed by atoms with Gasteiger partial charge in [-0.05, 0) is 35.4 Å². The van der Waals surface area contributed by atoms with Crippen molar-refractivity contribution in [1.29, 1.82) is 0 Å². The highest BCUT2D eigenvalue weighted by molar-refractivity contribution is 8.76. The van der Waals surface area contributed by atoms with Gasteiger partial charge in [0.05, 0.1) is 22.2 Å². The van der Waals surface area contributed by atoms with Gasteiger partial charge in [-0.2, -0.15) is 0 Å². The van der Waals surface area contributed by atoms with Gasteiger partial charge in [0.1, 0.15) is 0 Å². The predicted molar refractivity (Wildman–Crippen MR) is 180 cm³/mol. The largest absolute Gasteiger partial charge is 0.337 e. The molecule has 6 nitrogen and oxygen atoms in total. The highest BCUT2D eigenvalue weighted by Crippen LogP contribution is 2.43. The maximum absolute atomic E-state index is 13.5. The van der Waals surface area contributed by atoms with E-state index in [0.29, 0.717) is 24.2 Å². The molecule has 2 heterocycles. The van der Waals surface area contributed by atoms with Crippen LogP contribution < -0.4 is 0 Å². The van der Waals surface area contributed by atoms with E-state index in [9.17, 15) is 9.59 Å². The summed E-state index contributed by atoms with van der Waals surface area (Å²) in [6, 6.07) is 35.3. The van der Waals surface area contributed by atoms with E-state index >= 15 is 0 Å². The fraction of sp³-hybridized carbons (Fsp3) is 0.111. The third-order valence-electron chi connectivity index (χ3n) is 7.37. The summed E-state index contributed by atoms with van der Waals surface area (Å²) in [5.74, 6) is -0.104. The molecule has 0 spiro atoms. The molecule has 4 aromatic carbocycles. The number of amides is 2. The number of carbonyl (C=O) groups excluding carboxylic acids is 2. The topological polar surface area (TPSA) is 66.4 Å². The van der Waals surface area contributed by atoms with Gasteiger partial charge in [-0.1, -0.05) is 107 Å². The van der Waals surface area contributed by atoms with Gasteiger partial charge in [0.2, 0.25) is 0 Å². The van der Waals surface area contributed by atoms with Crippen LogP contribution in [0.25, 0.3) is 21.8 Å². The number of para-hydroxylation sites is 2. The Labute approximate surface area is 264 Å². The predicted octanol–water partition coefficient (Wildman–Crippen LogP) is 8.13.